The summed E-state index contributed by atoms with van der Waals surface area (Å²) in [4.78, 5) is 28.6. The van der Waals surface area contributed by atoms with Crippen molar-refractivity contribution in [2.24, 2.45) is 0 Å². The number of hydrogen-bond donors (Lipinski definition) is 1. The van der Waals surface area contributed by atoms with Gasteiger partial charge in [-0.3, -0.25) is 9.59 Å². The Morgan fingerprint density at radius 2 is 1.67 bits per heavy atom. The molecule has 2 rings (SSSR count). The van der Waals surface area contributed by atoms with Crippen LogP contribution in [0.25, 0.3) is 0 Å². The summed E-state index contributed by atoms with van der Waals surface area (Å²) < 4.78 is 0. The van der Waals surface area contributed by atoms with E-state index in [0.29, 0.717) is 12.6 Å². The zero-order valence-corrected chi connectivity index (χ0v) is 17.3. The van der Waals surface area contributed by atoms with E-state index in [-0.39, 0.29) is 30.7 Å². The molecule has 2 amide bonds. The third kappa shape index (κ3) is 6.65. The molecule has 1 fully saturated rings. The standard InChI is InChI=1S/C22H35N3O2/c1-17-10-12-18(13-11-17)20(24(2)3)16-23-21(26)14-15-22(27)25(4)19-8-6-5-7-9-19/h10-13,19-20H,5-9,14-16H2,1-4H3,(H,23,26)/t20-/m1/s1. The number of benzene rings is 1. The Kier molecular flexibility index (Phi) is 8.29. The van der Waals surface area contributed by atoms with Crippen LogP contribution in [0.2, 0.25) is 0 Å². The second kappa shape index (κ2) is 10.5. The maximum absolute atomic E-state index is 12.4. The molecule has 0 heterocycles. The fourth-order valence-electron chi connectivity index (χ4n) is 3.75. The predicted octanol–water partition coefficient (Wildman–Crippen LogP) is 3.29. The van der Waals surface area contributed by atoms with Crippen molar-refractivity contribution in [3.05, 3.63) is 35.4 Å². The highest BCUT2D eigenvalue weighted by molar-refractivity contribution is 5.83. The van der Waals surface area contributed by atoms with Gasteiger partial charge in [0.25, 0.3) is 0 Å². The van der Waals surface area contributed by atoms with Crippen molar-refractivity contribution in [1.82, 2.24) is 15.1 Å². The average Bonchev–Trinajstić information content (AvgIpc) is 2.67. The largest absolute Gasteiger partial charge is 0.354 e. The lowest BCUT2D eigenvalue weighted by atomic mass is 9.94. The van der Waals surface area contributed by atoms with E-state index in [9.17, 15) is 9.59 Å². The van der Waals surface area contributed by atoms with Gasteiger partial charge in [0.05, 0.1) is 6.04 Å². The fourth-order valence-corrected chi connectivity index (χ4v) is 3.75. The first-order chi connectivity index (χ1) is 12.9. The van der Waals surface area contributed by atoms with Crippen molar-refractivity contribution in [1.29, 1.82) is 0 Å². The molecule has 0 unspecified atom stereocenters. The zero-order chi connectivity index (χ0) is 19.8. The van der Waals surface area contributed by atoms with Crippen molar-refractivity contribution in [2.45, 2.75) is 64.0 Å². The van der Waals surface area contributed by atoms with E-state index in [1.807, 2.05) is 26.0 Å². The highest BCUT2D eigenvalue weighted by atomic mass is 16.2. The van der Waals surface area contributed by atoms with Gasteiger partial charge in [-0.15, -0.1) is 0 Å². The molecular weight excluding hydrogens is 338 g/mol. The Morgan fingerprint density at radius 1 is 1.04 bits per heavy atom. The number of amides is 2. The molecule has 1 aliphatic rings. The van der Waals surface area contributed by atoms with E-state index in [4.69, 9.17) is 0 Å². The lowest BCUT2D eigenvalue weighted by Gasteiger charge is -2.31. The van der Waals surface area contributed by atoms with E-state index in [1.54, 1.807) is 0 Å². The van der Waals surface area contributed by atoms with Gasteiger partial charge in [-0.05, 0) is 39.4 Å². The zero-order valence-electron chi connectivity index (χ0n) is 17.3. The van der Waals surface area contributed by atoms with Gasteiger partial charge >= 0.3 is 0 Å². The summed E-state index contributed by atoms with van der Waals surface area (Å²) in [6.07, 6.45) is 6.40. The number of nitrogens with one attached hydrogen (secondary N) is 1. The highest BCUT2D eigenvalue weighted by Crippen LogP contribution is 2.22. The normalized spacial score (nSPS) is 16.2. The molecule has 1 atom stereocenters. The van der Waals surface area contributed by atoms with E-state index in [0.717, 1.165) is 12.8 Å². The summed E-state index contributed by atoms with van der Waals surface area (Å²) in [7, 11) is 5.91. The lowest BCUT2D eigenvalue weighted by molar-refractivity contribution is -0.134. The predicted molar refractivity (Wildman–Crippen MR) is 109 cm³/mol. The first-order valence-corrected chi connectivity index (χ1v) is 10.1. The van der Waals surface area contributed by atoms with Gasteiger partial charge in [0.2, 0.25) is 11.8 Å². The van der Waals surface area contributed by atoms with Crippen LogP contribution in [0.5, 0.6) is 0 Å². The van der Waals surface area contributed by atoms with Gasteiger partial charge in [-0.25, -0.2) is 0 Å². The molecule has 1 saturated carbocycles. The van der Waals surface area contributed by atoms with Crippen LogP contribution in [0.3, 0.4) is 0 Å². The molecule has 5 nitrogen and oxygen atoms in total. The molecule has 1 aliphatic carbocycles. The van der Waals surface area contributed by atoms with Crippen LogP contribution in [0.1, 0.15) is 62.1 Å². The molecule has 1 N–H and O–H groups in total. The van der Waals surface area contributed by atoms with Crippen molar-refractivity contribution in [2.75, 3.05) is 27.7 Å². The molecule has 1 aromatic rings. The number of hydrogen-bond acceptors (Lipinski definition) is 3. The minimum atomic E-state index is -0.0562. The molecule has 27 heavy (non-hydrogen) atoms. The van der Waals surface area contributed by atoms with Crippen LogP contribution in [-0.4, -0.2) is 55.3 Å². The minimum Gasteiger partial charge on any atom is -0.354 e. The smallest absolute Gasteiger partial charge is 0.223 e. The van der Waals surface area contributed by atoms with Crippen molar-refractivity contribution < 1.29 is 9.59 Å². The van der Waals surface area contributed by atoms with E-state index in [2.05, 4.69) is 41.4 Å². The minimum absolute atomic E-state index is 0.0562. The SMILES string of the molecule is Cc1ccc([C@@H](CNC(=O)CCC(=O)N(C)C2CCCCC2)N(C)C)cc1. The van der Waals surface area contributed by atoms with Crippen LogP contribution < -0.4 is 5.32 Å². The summed E-state index contributed by atoms with van der Waals surface area (Å²) in [6, 6.07) is 8.87. The Hall–Kier alpha value is -1.88. The number of aryl methyl sites for hydroxylation is 1. The third-order valence-electron chi connectivity index (χ3n) is 5.66. The molecule has 0 aromatic heterocycles. The molecule has 150 valence electrons. The van der Waals surface area contributed by atoms with Crippen LogP contribution in [-0.2, 0) is 9.59 Å². The molecule has 0 aliphatic heterocycles. The Labute approximate surface area is 164 Å². The number of carbonyl (C=O) groups excluding carboxylic acids is 2. The molecule has 0 bridgehead atoms. The Bertz CT molecular complexity index is 606. The number of likely N-dealkylation sites (N-methyl/N-ethyl adjacent to an activating group) is 1. The van der Waals surface area contributed by atoms with E-state index >= 15 is 0 Å². The third-order valence-corrected chi connectivity index (χ3v) is 5.66. The fraction of sp³-hybridized carbons (Fsp3) is 0.636. The quantitative estimate of drug-likeness (QED) is 0.761. The highest BCUT2D eigenvalue weighted by Gasteiger charge is 2.22. The topological polar surface area (TPSA) is 52.7 Å². The van der Waals surface area contributed by atoms with Crippen LogP contribution in [0.15, 0.2) is 24.3 Å². The summed E-state index contributed by atoms with van der Waals surface area (Å²) in [5.41, 5.74) is 2.40. The van der Waals surface area contributed by atoms with Gasteiger partial charge in [0, 0.05) is 32.5 Å². The molecular formula is C22H35N3O2. The van der Waals surface area contributed by atoms with Crippen molar-refractivity contribution in [3.8, 4) is 0 Å². The van der Waals surface area contributed by atoms with Crippen LogP contribution in [0.4, 0.5) is 0 Å². The van der Waals surface area contributed by atoms with Gasteiger partial charge in [-0.1, -0.05) is 49.1 Å². The van der Waals surface area contributed by atoms with Gasteiger partial charge in [-0.2, -0.15) is 0 Å². The summed E-state index contributed by atoms with van der Waals surface area (Å²) in [5, 5.41) is 3.00. The molecule has 0 saturated heterocycles. The second-order valence-electron chi connectivity index (χ2n) is 7.99. The van der Waals surface area contributed by atoms with Gasteiger partial charge in [0.15, 0.2) is 0 Å². The van der Waals surface area contributed by atoms with E-state index < -0.39 is 0 Å². The molecule has 0 spiro atoms. The summed E-state index contributed by atoms with van der Waals surface area (Å²) in [6.45, 7) is 2.61. The summed E-state index contributed by atoms with van der Waals surface area (Å²) >= 11 is 0. The van der Waals surface area contributed by atoms with Crippen LogP contribution >= 0.6 is 0 Å². The first-order valence-electron chi connectivity index (χ1n) is 10.1. The maximum Gasteiger partial charge on any atom is 0.223 e. The van der Waals surface area contributed by atoms with Gasteiger partial charge in [0.1, 0.15) is 0 Å². The maximum atomic E-state index is 12.4. The summed E-state index contributed by atoms with van der Waals surface area (Å²) in [5.74, 6) is 0.0269. The number of rotatable bonds is 8. The molecule has 1 aromatic carbocycles. The lowest BCUT2D eigenvalue weighted by Crippen LogP contribution is -2.39. The monoisotopic (exact) mass is 373 g/mol. The van der Waals surface area contributed by atoms with Crippen molar-refractivity contribution >= 4 is 11.8 Å². The second-order valence-corrected chi connectivity index (χ2v) is 7.99. The Balaban J connectivity index is 1.78. The Morgan fingerprint density at radius 3 is 2.26 bits per heavy atom. The number of carbonyl (C=O) groups is 2. The van der Waals surface area contributed by atoms with Gasteiger partial charge < -0.3 is 15.1 Å². The molecule has 0 radical (unpaired) electrons. The number of nitrogens with zero attached hydrogens (tertiary/aromatic N) is 2. The van der Waals surface area contributed by atoms with Crippen LogP contribution in [0, 0.1) is 6.92 Å². The first kappa shape index (κ1) is 21.4. The molecule has 5 heteroatoms. The van der Waals surface area contributed by atoms with Crippen molar-refractivity contribution in [3.63, 3.8) is 0 Å². The average molecular weight is 374 g/mol. The van der Waals surface area contributed by atoms with E-state index in [1.165, 1.54) is 30.4 Å².